The average Bonchev–Trinajstić information content (AvgIpc) is 2.62. The molecule has 0 amide bonds. The molecule has 0 radical (unpaired) electrons. The zero-order valence-corrected chi connectivity index (χ0v) is 9.68. The number of halogens is 1. The molecule has 76 valence electrons. The summed E-state index contributed by atoms with van der Waals surface area (Å²) in [6.07, 6.45) is 0.925. The Morgan fingerprint density at radius 1 is 1.29 bits per heavy atom. The number of hydrogen-bond acceptors (Lipinski definition) is 3. The second-order valence-corrected chi connectivity index (χ2v) is 3.87. The second-order valence-electron chi connectivity index (χ2n) is 3.01. The van der Waals surface area contributed by atoms with Gasteiger partial charge in [0.15, 0.2) is 11.5 Å². The van der Waals surface area contributed by atoms with Crippen LogP contribution in [0, 0.1) is 0 Å². The Morgan fingerprint density at radius 2 is 2.00 bits per heavy atom. The monoisotopic (exact) mass is 258 g/mol. The molecule has 0 saturated heterocycles. The van der Waals surface area contributed by atoms with Crippen molar-refractivity contribution in [1.29, 1.82) is 0 Å². The Kier molecular flexibility index (Phi) is 2.54. The molecular weight excluding hydrogens is 248 g/mol. The quantitative estimate of drug-likeness (QED) is 0.816. The lowest BCUT2D eigenvalue weighted by molar-refractivity contribution is 0.308. The van der Waals surface area contributed by atoms with Crippen molar-refractivity contribution in [3.8, 4) is 17.2 Å². The summed E-state index contributed by atoms with van der Waals surface area (Å²) in [5, 5.41) is 0. The molecule has 0 aromatic heterocycles. The van der Waals surface area contributed by atoms with E-state index >= 15 is 0 Å². The lowest BCUT2D eigenvalue weighted by atomic mass is 10.1. The van der Waals surface area contributed by atoms with Crippen molar-refractivity contribution in [1.82, 2.24) is 0 Å². The van der Waals surface area contributed by atoms with Gasteiger partial charge in [0, 0.05) is 12.0 Å². The Hall–Kier alpha value is -0.900. The maximum Gasteiger partial charge on any atom is 0.204 e. The molecule has 3 nitrogen and oxygen atoms in total. The predicted octanol–water partition coefficient (Wildman–Crippen LogP) is 2.40. The van der Waals surface area contributed by atoms with Crippen LogP contribution in [-0.2, 0) is 6.42 Å². The fraction of sp³-hybridized carbons (Fsp3) is 0.400. The molecule has 0 fully saturated rings. The normalized spacial score (nSPS) is 13.4. The number of fused-ring (bicyclic) bond motifs is 1. The summed E-state index contributed by atoms with van der Waals surface area (Å²) in [5.74, 6) is 2.18. The summed E-state index contributed by atoms with van der Waals surface area (Å²) in [4.78, 5) is 0. The SMILES string of the molecule is COc1c(Br)cc2c(c1OC)OCC2. The molecule has 1 aromatic rings. The van der Waals surface area contributed by atoms with Gasteiger partial charge in [0.2, 0.25) is 5.75 Å². The van der Waals surface area contributed by atoms with Crippen molar-refractivity contribution in [3.63, 3.8) is 0 Å². The minimum Gasteiger partial charge on any atom is -0.492 e. The third-order valence-corrected chi connectivity index (χ3v) is 2.84. The van der Waals surface area contributed by atoms with E-state index in [-0.39, 0.29) is 0 Å². The van der Waals surface area contributed by atoms with Crippen LogP contribution in [0.5, 0.6) is 17.2 Å². The molecule has 0 saturated carbocycles. The molecule has 0 N–H and O–H groups in total. The summed E-state index contributed by atoms with van der Waals surface area (Å²) < 4.78 is 16.9. The van der Waals surface area contributed by atoms with E-state index < -0.39 is 0 Å². The van der Waals surface area contributed by atoms with Gasteiger partial charge in [0.05, 0.1) is 25.3 Å². The number of rotatable bonds is 2. The van der Waals surface area contributed by atoms with Gasteiger partial charge < -0.3 is 14.2 Å². The van der Waals surface area contributed by atoms with Gasteiger partial charge in [0.25, 0.3) is 0 Å². The van der Waals surface area contributed by atoms with E-state index in [0.29, 0.717) is 18.1 Å². The lowest BCUT2D eigenvalue weighted by Gasteiger charge is -2.12. The standard InChI is InChI=1S/C10H11BrO3/c1-12-9-7(11)5-6-3-4-14-8(6)10(9)13-2/h5H,3-4H2,1-2H3. The van der Waals surface area contributed by atoms with E-state index in [4.69, 9.17) is 14.2 Å². The number of methoxy groups -OCH3 is 2. The highest BCUT2D eigenvalue weighted by Crippen LogP contribution is 2.47. The Balaban J connectivity index is 2.62. The number of ether oxygens (including phenoxy) is 3. The zero-order valence-electron chi connectivity index (χ0n) is 8.09. The Labute approximate surface area is 91.1 Å². The summed E-state index contributed by atoms with van der Waals surface area (Å²) in [6, 6.07) is 2.02. The second kappa shape index (κ2) is 3.69. The van der Waals surface area contributed by atoms with Crippen molar-refractivity contribution in [2.75, 3.05) is 20.8 Å². The first kappa shape index (κ1) is 9.65. The van der Waals surface area contributed by atoms with E-state index in [1.165, 1.54) is 0 Å². The van der Waals surface area contributed by atoms with Crippen LogP contribution in [-0.4, -0.2) is 20.8 Å². The molecule has 0 spiro atoms. The van der Waals surface area contributed by atoms with Crippen LogP contribution in [0.15, 0.2) is 10.5 Å². The van der Waals surface area contributed by atoms with Crippen molar-refractivity contribution in [2.45, 2.75) is 6.42 Å². The van der Waals surface area contributed by atoms with Gasteiger partial charge >= 0.3 is 0 Å². The van der Waals surface area contributed by atoms with Crippen LogP contribution < -0.4 is 14.2 Å². The maximum absolute atomic E-state index is 5.49. The van der Waals surface area contributed by atoms with E-state index in [0.717, 1.165) is 22.2 Å². The summed E-state index contributed by atoms with van der Waals surface area (Å²) in [6.45, 7) is 0.714. The van der Waals surface area contributed by atoms with Crippen molar-refractivity contribution in [2.24, 2.45) is 0 Å². The van der Waals surface area contributed by atoms with Crippen LogP contribution >= 0.6 is 15.9 Å². The molecule has 1 aliphatic rings. The molecule has 0 unspecified atom stereocenters. The minimum atomic E-state index is 0.675. The van der Waals surface area contributed by atoms with Crippen molar-refractivity contribution in [3.05, 3.63) is 16.1 Å². The van der Waals surface area contributed by atoms with Crippen LogP contribution in [0.1, 0.15) is 5.56 Å². The molecule has 4 heteroatoms. The molecule has 0 aliphatic carbocycles. The van der Waals surface area contributed by atoms with E-state index in [1.807, 2.05) is 6.07 Å². The van der Waals surface area contributed by atoms with E-state index in [9.17, 15) is 0 Å². The average molecular weight is 259 g/mol. The zero-order chi connectivity index (χ0) is 10.1. The van der Waals surface area contributed by atoms with Crippen LogP contribution in [0.2, 0.25) is 0 Å². The van der Waals surface area contributed by atoms with Gasteiger partial charge in [-0.1, -0.05) is 0 Å². The van der Waals surface area contributed by atoms with Gasteiger partial charge in [0.1, 0.15) is 0 Å². The first-order chi connectivity index (χ1) is 6.77. The van der Waals surface area contributed by atoms with Gasteiger partial charge in [-0.05, 0) is 22.0 Å². The molecule has 1 heterocycles. The predicted molar refractivity (Wildman–Crippen MR) is 56.4 cm³/mol. The highest BCUT2D eigenvalue weighted by atomic mass is 79.9. The topological polar surface area (TPSA) is 27.7 Å². The van der Waals surface area contributed by atoms with Gasteiger partial charge in [-0.25, -0.2) is 0 Å². The van der Waals surface area contributed by atoms with Gasteiger partial charge in [-0.3, -0.25) is 0 Å². The number of hydrogen-bond donors (Lipinski definition) is 0. The molecular formula is C10H11BrO3. The number of benzene rings is 1. The smallest absolute Gasteiger partial charge is 0.204 e. The summed E-state index contributed by atoms with van der Waals surface area (Å²) >= 11 is 3.44. The molecule has 1 aromatic carbocycles. The largest absolute Gasteiger partial charge is 0.492 e. The van der Waals surface area contributed by atoms with Gasteiger partial charge in [-0.2, -0.15) is 0 Å². The van der Waals surface area contributed by atoms with E-state index in [1.54, 1.807) is 14.2 Å². The molecule has 2 rings (SSSR count). The van der Waals surface area contributed by atoms with Gasteiger partial charge in [-0.15, -0.1) is 0 Å². The first-order valence-electron chi connectivity index (χ1n) is 4.34. The fourth-order valence-corrected chi connectivity index (χ4v) is 2.24. The Bertz CT molecular complexity index is 359. The molecule has 0 atom stereocenters. The molecule has 1 aliphatic heterocycles. The third kappa shape index (κ3) is 1.34. The summed E-state index contributed by atoms with van der Waals surface area (Å²) in [7, 11) is 3.23. The van der Waals surface area contributed by atoms with Crippen molar-refractivity contribution >= 4 is 15.9 Å². The van der Waals surface area contributed by atoms with E-state index in [2.05, 4.69) is 15.9 Å². The highest BCUT2D eigenvalue weighted by molar-refractivity contribution is 9.10. The maximum atomic E-state index is 5.49. The third-order valence-electron chi connectivity index (χ3n) is 2.25. The highest BCUT2D eigenvalue weighted by Gasteiger charge is 2.23. The fourth-order valence-electron chi connectivity index (χ4n) is 1.62. The van der Waals surface area contributed by atoms with Crippen LogP contribution in [0.25, 0.3) is 0 Å². The van der Waals surface area contributed by atoms with Crippen LogP contribution in [0.3, 0.4) is 0 Å². The molecule has 14 heavy (non-hydrogen) atoms. The molecule has 0 bridgehead atoms. The van der Waals surface area contributed by atoms with Crippen molar-refractivity contribution < 1.29 is 14.2 Å². The summed E-state index contributed by atoms with van der Waals surface area (Å²) in [5.41, 5.74) is 1.16. The van der Waals surface area contributed by atoms with Crippen LogP contribution in [0.4, 0.5) is 0 Å². The Morgan fingerprint density at radius 3 is 2.64 bits per heavy atom. The first-order valence-corrected chi connectivity index (χ1v) is 5.13. The minimum absolute atomic E-state index is 0.675. The lowest BCUT2D eigenvalue weighted by Crippen LogP contribution is -1.95.